The molecule has 4 fully saturated rings. The second-order valence-corrected chi connectivity index (χ2v) is 12.0. The Morgan fingerprint density at radius 1 is 1.06 bits per heavy atom. The monoisotopic (exact) mass is 471 g/mol. The third-order valence-electron chi connectivity index (χ3n) is 10.4. The van der Waals surface area contributed by atoms with Gasteiger partial charge < -0.3 is 5.11 Å². The van der Waals surface area contributed by atoms with Crippen LogP contribution in [0, 0.1) is 46.7 Å². The van der Waals surface area contributed by atoms with Gasteiger partial charge in [0.1, 0.15) is 30.1 Å². The summed E-state index contributed by atoms with van der Waals surface area (Å²) >= 11 is 0. The van der Waals surface area contributed by atoms with Crippen molar-refractivity contribution < 1.29 is 18.7 Å². The smallest absolute Gasteiger partial charge is 0.159 e. The van der Waals surface area contributed by atoms with Crippen molar-refractivity contribution in [3.63, 3.8) is 0 Å². The summed E-state index contributed by atoms with van der Waals surface area (Å²) in [5, 5.41) is 19.3. The summed E-state index contributed by atoms with van der Waals surface area (Å²) in [6.07, 6.45) is 8.60. The Bertz CT molecular complexity index is 1100. The van der Waals surface area contributed by atoms with Crippen molar-refractivity contribution in [2.45, 2.75) is 76.9 Å². The normalized spacial score (nSPS) is 41.6. The SMILES string of the molecule is C[C@]12CC[C@@H]3C4CC[C@](O)(CF)CC4CC[C@H]3[C@@H]1CC[C@@H]2C(=O)Cn1nc2ccc(F)cc2n1. The van der Waals surface area contributed by atoms with Crippen molar-refractivity contribution in [3.05, 3.63) is 24.0 Å². The van der Waals surface area contributed by atoms with Gasteiger partial charge in [-0.3, -0.25) is 4.79 Å². The lowest BCUT2D eigenvalue weighted by Crippen LogP contribution is -2.52. The number of ketones is 1. The van der Waals surface area contributed by atoms with Gasteiger partial charge in [-0.1, -0.05) is 6.92 Å². The van der Waals surface area contributed by atoms with E-state index in [4.69, 9.17) is 0 Å². The molecule has 7 heteroatoms. The van der Waals surface area contributed by atoms with Crippen LogP contribution >= 0.6 is 0 Å². The minimum absolute atomic E-state index is 0.0120. The lowest BCUT2D eigenvalue weighted by molar-refractivity contribution is -0.134. The molecule has 34 heavy (non-hydrogen) atoms. The maximum Gasteiger partial charge on any atom is 0.159 e. The van der Waals surface area contributed by atoms with Gasteiger partial charge in [0.25, 0.3) is 0 Å². The number of aliphatic hydroxyl groups is 1. The molecule has 5 nitrogen and oxygen atoms in total. The molecule has 1 aromatic carbocycles. The molecule has 4 saturated carbocycles. The van der Waals surface area contributed by atoms with E-state index in [1.165, 1.54) is 16.9 Å². The highest BCUT2D eigenvalue weighted by Crippen LogP contribution is 2.64. The summed E-state index contributed by atoms with van der Waals surface area (Å²) in [7, 11) is 0. The van der Waals surface area contributed by atoms with Gasteiger partial charge in [-0.25, -0.2) is 8.78 Å². The number of Topliss-reactive ketones (excluding diaryl/α,β-unsaturated/α-hetero) is 1. The molecule has 1 aromatic heterocycles. The highest BCUT2D eigenvalue weighted by atomic mass is 19.1. The van der Waals surface area contributed by atoms with E-state index in [1.807, 2.05) is 0 Å². The van der Waals surface area contributed by atoms with Crippen LogP contribution in [0.25, 0.3) is 11.0 Å². The predicted octanol–water partition coefficient (Wildman–Crippen LogP) is 5.11. The first kappa shape index (κ1) is 22.6. The van der Waals surface area contributed by atoms with Gasteiger partial charge in [-0.05, 0) is 105 Å². The van der Waals surface area contributed by atoms with Gasteiger partial charge in [-0.2, -0.15) is 15.0 Å². The Labute approximate surface area is 199 Å². The molecule has 1 N–H and O–H groups in total. The zero-order valence-corrected chi connectivity index (χ0v) is 19.9. The molecule has 1 heterocycles. The van der Waals surface area contributed by atoms with E-state index in [-0.39, 0.29) is 29.5 Å². The van der Waals surface area contributed by atoms with E-state index < -0.39 is 12.3 Å². The van der Waals surface area contributed by atoms with Gasteiger partial charge in [-0.15, -0.1) is 0 Å². The largest absolute Gasteiger partial charge is 0.387 e. The van der Waals surface area contributed by atoms with Crippen LogP contribution in [0.2, 0.25) is 0 Å². The van der Waals surface area contributed by atoms with Crippen molar-refractivity contribution in [1.29, 1.82) is 0 Å². The third kappa shape index (κ3) is 3.52. The lowest BCUT2D eigenvalue weighted by atomic mass is 9.49. The Hall–Kier alpha value is -1.89. The zero-order chi connectivity index (χ0) is 23.7. The zero-order valence-electron chi connectivity index (χ0n) is 19.9. The van der Waals surface area contributed by atoms with E-state index in [0.717, 1.165) is 44.9 Å². The molecular formula is C27H35F2N3O2. The molecule has 4 aliphatic rings. The van der Waals surface area contributed by atoms with Crippen molar-refractivity contribution >= 4 is 16.8 Å². The van der Waals surface area contributed by atoms with Crippen LogP contribution in [-0.2, 0) is 11.3 Å². The number of hydrogen-bond donors (Lipinski definition) is 1. The number of benzene rings is 1. The molecule has 0 radical (unpaired) electrons. The summed E-state index contributed by atoms with van der Waals surface area (Å²) in [5.74, 6) is 2.77. The molecule has 0 spiro atoms. The molecular weight excluding hydrogens is 436 g/mol. The van der Waals surface area contributed by atoms with Crippen LogP contribution in [0.5, 0.6) is 0 Å². The molecule has 4 aliphatic carbocycles. The number of rotatable bonds is 4. The standard InChI is InChI=1S/C27H35F2N3O2/c1-26-10-8-19-18-9-11-27(34,15-28)13-16(18)2-4-20(19)21(26)5-6-22(26)25(33)14-32-30-23-7-3-17(29)12-24(23)31-32/h3,7,12,16,18-22,34H,2,4-6,8-11,13-15H2,1H3/t16?,18?,19-,20-,21+,22-,26+,27-/m1/s1. The first-order valence-corrected chi connectivity index (χ1v) is 13.1. The van der Waals surface area contributed by atoms with E-state index in [2.05, 4.69) is 17.1 Å². The van der Waals surface area contributed by atoms with E-state index in [9.17, 15) is 18.7 Å². The molecule has 0 saturated heterocycles. The summed E-state index contributed by atoms with van der Waals surface area (Å²) in [6, 6.07) is 4.32. The molecule has 2 aromatic rings. The molecule has 0 amide bonds. The minimum Gasteiger partial charge on any atom is -0.387 e. The summed E-state index contributed by atoms with van der Waals surface area (Å²) < 4.78 is 26.9. The van der Waals surface area contributed by atoms with Gasteiger partial charge in [0, 0.05) is 12.0 Å². The predicted molar refractivity (Wildman–Crippen MR) is 124 cm³/mol. The maximum atomic E-state index is 13.5. The number of carbonyl (C=O) groups is 1. The maximum absolute atomic E-state index is 13.5. The molecule has 2 unspecified atom stereocenters. The molecule has 8 atom stereocenters. The van der Waals surface area contributed by atoms with E-state index >= 15 is 0 Å². The van der Waals surface area contributed by atoms with Gasteiger partial charge >= 0.3 is 0 Å². The van der Waals surface area contributed by atoms with Crippen molar-refractivity contribution in [2.24, 2.45) is 40.9 Å². The van der Waals surface area contributed by atoms with Crippen LogP contribution in [-0.4, -0.2) is 38.2 Å². The Kier molecular flexibility index (Phi) is 5.36. The number of halogens is 2. The number of alkyl halides is 1. The molecule has 184 valence electrons. The fourth-order valence-corrected chi connectivity index (χ4v) is 8.87. The highest BCUT2D eigenvalue weighted by Gasteiger charge is 2.59. The topological polar surface area (TPSA) is 68.0 Å². The lowest BCUT2D eigenvalue weighted by Gasteiger charge is -2.56. The minimum atomic E-state index is -1.10. The average Bonchev–Trinajstić information content (AvgIpc) is 3.38. The van der Waals surface area contributed by atoms with Gasteiger partial charge in [0.2, 0.25) is 0 Å². The first-order valence-electron chi connectivity index (χ1n) is 13.1. The second kappa shape index (κ2) is 8.07. The second-order valence-electron chi connectivity index (χ2n) is 12.0. The number of aromatic nitrogens is 3. The van der Waals surface area contributed by atoms with Crippen LogP contribution in [0.15, 0.2) is 18.2 Å². The van der Waals surface area contributed by atoms with Crippen LogP contribution in [0.4, 0.5) is 8.78 Å². The van der Waals surface area contributed by atoms with Crippen LogP contribution in [0.3, 0.4) is 0 Å². The fraction of sp³-hybridized carbons (Fsp3) is 0.741. The average molecular weight is 472 g/mol. The number of fused-ring (bicyclic) bond motifs is 6. The third-order valence-corrected chi connectivity index (χ3v) is 10.4. The molecule has 0 bridgehead atoms. The first-order chi connectivity index (χ1) is 16.3. The van der Waals surface area contributed by atoms with Crippen molar-refractivity contribution in [1.82, 2.24) is 15.0 Å². The Balaban J connectivity index is 1.17. The Morgan fingerprint density at radius 2 is 1.85 bits per heavy atom. The number of nitrogens with zero attached hydrogens (tertiary/aromatic N) is 3. The van der Waals surface area contributed by atoms with Gasteiger partial charge in [0.15, 0.2) is 5.78 Å². The number of carbonyl (C=O) groups excluding carboxylic acids is 1. The highest BCUT2D eigenvalue weighted by molar-refractivity contribution is 5.82. The van der Waals surface area contributed by atoms with Crippen molar-refractivity contribution in [3.8, 4) is 0 Å². The number of hydrogen-bond acceptors (Lipinski definition) is 4. The summed E-state index contributed by atoms with van der Waals surface area (Å²) in [6.45, 7) is 1.86. The quantitative estimate of drug-likeness (QED) is 0.673. The Morgan fingerprint density at radius 3 is 2.68 bits per heavy atom. The summed E-state index contributed by atoms with van der Waals surface area (Å²) in [4.78, 5) is 14.9. The van der Waals surface area contributed by atoms with Crippen LogP contribution < -0.4 is 0 Å². The summed E-state index contributed by atoms with van der Waals surface area (Å²) in [5.41, 5.74) is -0.000999. The van der Waals surface area contributed by atoms with Crippen molar-refractivity contribution in [2.75, 3.05) is 6.67 Å². The molecule has 6 rings (SSSR count). The van der Waals surface area contributed by atoms with E-state index in [0.29, 0.717) is 53.5 Å². The molecule has 0 aliphatic heterocycles. The fourth-order valence-electron chi connectivity index (χ4n) is 8.87. The van der Waals surface area contributed by atoms with Crippen LogP contribution in [0.1, 0.15) is 64.7 Å². The van der Waals surface area contributed by atoms with E-state index in [1.54, 1.807) is 6.07 Å². The van der Waals surface area contributed by atoms with Gasteiger partial charge in [0.05, 0.1) is 5.60 Å².